The van der Waals surface area contributed by atoms with Gasteiger partial charge in [-0.1, -0.05) is 42.5 Å². The van der Waals surface area contributed by atoms with Gasteiger partial charge in [-0.05, 0) is 47.7 Å². The first-order valence-corrected chi connectivity index (χ1v) is 9.13. The summed E-state index contributed by atoms with van der Waals surface area (Å²) in [5.74, 6) is 0.631. The number of rotatable bonds is 8. The monoisotopic (exact) mass is 472 g/mol. The van der Waals surface area contributed by atoms with E-state index in [0.29, 0.717) is 35.3 Å². The second-order valence-corrected chi connectivity index (χ2v) is 6.55. The van der Waals surface area contributed by atoms with Crippen molar-refractivity contribution in [3.63, 3.8) is 0 Å². The van der Waals surface area contributed by atoms with Crippen LogP contribution in [0.5, 0.6) is 11.5 Å². The Morgan fingerprint density at radius 2 is 2.04 bits per heavy atom. The number of esters is 1. The van der Waals surface area contributed by atoms with Crippen LogP contribution in [-0.2, 0) is 11.3 Å². The Bertz CT molecular complexity index is 761. The van der Waals surface area contributed by atoms with Crippen molar-refractivity contribution in [1.29, 1.82) is 0 Å². The quantitative estimate of drug-likeness (QED) is 0.298. The van der Waals surface area contributed by atoms with Crippen LogP contribution in [0.25, 0.3) is 0 Å². The molecule has 25 heavy (non-hydrogen) atoms. The molecule has 0 aliphatic carbocycles. The Morgan fingerprint density at radius 3 is 2.72 bits per heavy atom. The number of hydrogen-bond acceptors (Lipinski definition) is 4. The van der Waals surface area contributed by atoms with Crippen LogP contribution in [0.2, 0.25) is 5.02 Å². The number of hydrogen-bond donors (Lipinski definition) is 0. The lowest BCUT2D eigenvalue weighted by molar-refractivity contribution is 0.0549. The third-order valence-electron chi connectivity index (χ3n) is 3.21. The molecule has 0 aliphatic rings. The summed E-state index contributed by atoms with van der Waals surface area (Å²) in [6, 6.07) is 10.8. The Morgan fingerprint density at radius 1 is 1.28 bits per heavy atom. The number of halogens is 2. The molecule has 4 nitrogen and oxygen atoms in total. The maximum atomic E-state index is 12.1. The normalized spacial score (nSPS) is 10.2. The smallest absolute Gasteiger partial charge is 0.338 e. The predicted octanol–water partition coefficient (Wildman–Crippen LogP) is 5.27. The van der Waals surface area contributed by atoms with Crippen LogP contribution in [0.1, 0.15) is 22.8 Å². The fraction of sp³-hybridized carbons (Fsp3) is 0.211. The molecule has 2 rings (SSSR count). The maximum absolute atomic E-state index is 12.1. The van der Waals surface area contributed by atoms with E-state index in [9.17, 15) is 4.79 Å². The van der Waals surface area contributed by atoms with Gasteiger partial charge in [0.15, 0.2) is 11.5 Å². The lowest BCUT2D eigenvalue weighted by atomic mass is 10.2. The molecule has 6 heteroatoms. The average molecular weight is 473 g/mol. The van der Waals surface area contributed by atoms with Gasteiger partial charge in [0.1, 0.15) is 13.2 Å². The summed E-state index contributed by atoms with van der Waals surface area (Å²) in [5.41, 5.74) is 1.27. The van der Waals surface area contributed by atoms with Crippen LogP contribution in [0.15, 0.2) is 49.1 Å². The molecule has 0 atom stereocenters. The minimum absolute atomic E-state index is 0.157. The molecule has 0 unspecified atom stereocenters. The van der Waals surface area contributed by atoms with Gasteiger partial charge >= 0.3 is 5.97 Å². The van der Waals surface area contributed by atoms with Crippen molar-refractivity contribution in [3.05, 3.63) is 68.8 Å². The first-order chi connectivity index (χ1) is 12.1. The summed E-state index contributed by atoms with van der Waals surface area (Å²) in [4.78, 5) is 12.1. The molecule has 0 bridgehead atoms. The molecule has 0 heterocycles. The third kappa shape index (κ3) is 5.37. The van der Waals surface area contributed by atoms with E-state index in [4.69, 9.17) is 25.8 Å². The van der Waals surface area contributed by atoms with Crippen LogP contribution in [-0.4, -0.2) is 19.2 Å². The van der Waals surface area contributed by atoms with Crippen LogP contribution in [0, 0.1) is 3.57 Å². The highest BCUT2D eigenvalue weighted by molar-refractivity contribution is 14.1. The van der Waals surface area contributed by atoms with Gasteiger partial charge < -0.3 is 14.2 Å². The van der Waals surface area contributed by atoms with E-state index in [-0.39, 0.29) is 6.61 Å². The van der Waals surface area contributed by atoms with Crippen molar-refractivity contribution in [2.24, 2.45) is 0 Å². The van der Waals surface area contributed by atoms with Gasteiger partial charge in [0.25, 0.3) is 0 Å². The molecule has 0 radical (unpaired) electrons. The third-order valence-corrected chi connectivity index (χ3v) is 4.38. The van der Waals surface area contributed by atoms with Crippen molar-refractivity contribution < 1.29 is 19.0 Å². The van der Waals surface area contributed by atoms with Crippen molar-refractivity contribution >= 4 is 40.2 Å². The van der Waals surface area contributed by atoms with Crippen molar-refractivity contribution in [3.8, 4) is 11.5 Å². The van der Waals surface area contributed by atoms with E-state index in [0.717, 1.165) is 9.13 Å². The molecule has 0 fully saturated rings. The van der Waals surface area contributed by atoms with Crippen LogP contribution in [0.3, 0.4) is 0 Å². The molecule has 2 aromatic carbocycles. The molecule has 0 saturated carbocycles. The minimum atomic E-state index is -0.434. The fourth-order valence-electron chi connectivity index (χ4n) is 2.07. The van der Waals surface area contributed by atoms with Gasteiger partial charge in [-0.25, -0.2) is 4.79 Å². The van der Waals surface area contributed by atoms with Crippen molar-refractivity contribution in [2.75, 3.05) is 13.2 Å². The van der Waals surface area contributed by atoms with E-state index < -0.39 is 5.97 Å². The van der Waals surface area contributed by atoms with E-state index >= 15 is 0 Å². The summed E-state index contributed by atoms with van der Waals surface area (Å²) in [6.07, 6.45) is 1.52. The molecule has 132 valence electrons. The van der Waals surface area contributed by atoms with E-state index in [1.54, 1.807) is 12.1 Å². The van der Waals surface area contributed by atoms with E-state index in [1.165, 1.54) is 6.08 Å². The largest absolute Gasteiger partial charge is 0.490 e. The highest BCUT2D eigenvalue weighted by atomic mass is 127. The molecule has 0 N–H and O–H groups in total. The lowest BCUT2D eigenvalue weighted by Gasteiger charge is -2.15. The number of carbonyl (C=O) groups is 1. The summed E-state index contributed by atoms with van der Waals surface area (Å²) in [7, 11) is 0. The molecular weight excluding hydrogens is 455 g/mol. The Labute approximate surface area is 165 Å². The molecular formula is C19H18ClIO4. The van der Waals surface area contributed by atoms with Gasteiger partial charge in [-0.3, -0.25) is 0 Å². The molecule has 0 amide bonds. The van der Waals surface area contributed by atoms with Gasteiger partial charge in [0.05, 0.1) is 15.7 Å². The number of benzene rings is 2. The van der Waals surface area contributed by atoms with Crippen LogP contribution >= 0.6 is 34.2 Å². The van der Waals surface area contributed by atoms with Gasteiger partial charge in [-0.2, -0.15) is 0 Å². The summed E-state index contributed by atoms with van der Waals surface area (Å²) in [6.45, 7) is 6.31. The Hall–Kier alpha value is -1.73. The lowest BCUT2D eigenvalue weighted by Crippen LogP contribution is -2.08. The zero-order chi connectivity index (χ0) is 18.2. The predicted molar refractivity (Wildman–Crippen MR) is 107 cm³/mol. The first-order valence-electron chi connectivity index (χ1n) is 7.67. The summed E-state index contributed by atoms with van der Waals surface area (Å²) >= 11 is 8.27. The number of carbonyl (C=O) groups excluding carboxylic acids is 1. The Balaban J connectivity index is 2.26. The summed E-state index contributed by atoms with van der Waals surface area (Å²) < 4.78 is 17.4. The van der Waals surface area contributed by atoms with Crippen molar-refractivity contribution in [2.45, 2.75) is 13.5 Å². The second-order valence-electron chi connectivity index (χ2n) is 4.99. The highest BCUT2D eigenvalue weighted by Crippen LogP contribution is 2.35. The average Bonchev–Trinajstić information content (AvgIpc) is 2.60. The van der Waals surface area contributed by atoms with E-state index in [2.05, 4.69) is 29.2 Å². The standard InChI is InChI=1S/C19H18ClIO4/c1-3-9-24-19(22)14-10-16(21)18(17(11-14)23-4-2)25-12-13-7-5-6-8-15(13)20/h3,5-8,10-11H,1,4,9,12H2,2H3. The first kappa shape index (κ1) is 19.6. The van der Waals surface area contributed by atoms with Gasteiger partial charge in [-0.15, -0.1) is 0 Å². The Kier molecular flexibility index (Phi) is 7.58. The topological polar surface area (TPSA) is 44.8 Å². The molecule has 0 spiro atoms. The SMILES string of the molecule is C=CCOC(=O)c1cc(I)c(OCc2ccccc2Cl)c(OCC)c1. The zero-order valence-corrected chi connectivity index (χ0v) is 16.7. The molecule has 0 aliphatic heterocycles. The molecule has 2 aromatic rings. The zero-order valence-electron chi connectivity index (χ0n) is 13.8. The maximum Gasteiger partial charge on any atom is 0.338 e. The van der Waals surface area contributed by atoms with Gasteiger partial charge in [0, 0.05) is 10.6 Å². The fourth-order valence-corrected chi connectivity index (χ4v) is 3.02. The highest BCUT2D eigenvalue weighted by Gasteiger charge is 2.17. The van der Waals surface area contributed by atoms with Crippen molar-refractivity contribution in [1.82, 2.24) is 0 Å². The second kappa shape index (κ2) is 9.68. The summed E-state index contributed by atoms with van der Waals surface area (Å²) in [5, 5.41) is 0.639. The molecule has 0 saturated heterocycles. The minimum Gasteiger partial charge on any atom is -0.490 e. The van der Waals surface area contributed by atoms with Crippen LogP contribution in [0.4, 0.5) is 0 Å². The molecule has 0 aromatic heterocycles. The number of ether oxygens (including phenoxy) is 3. The van der Waals surface area contributed by atoms with Crippen LogP contribution < -0.4 is 9.47 Å². The van der Waals surface area contributed by atoms with Gasteiger partial charge in [0.2, 0.25) is 0 Å². The van der Waals surface area contributed by atoms with E-state index in [1.807, 2.05) is 31.2 Å².